The van der Waals surface area contributed by atoms with Gasteiger partial charge in [-0.1, -0.05) is 6.92 Å². The second-order valence-electron chi connectivity index (χ2n) is 4.36. The van der Waals surface area contributed by atoms with E-state index in [4.69, 9.17) is 10.5 Å². The number of ether oxygens (including phenoxy) is 1. The highest BCUT2D eigenvalue weighted by molar-refractivity contribution is 8.00. The highest BCUT2D eigenvalue weighted by atomic mass is 32.2. The molecule has 2 N–H and O–H groups in total. The van der Waals surface area contributed by atoms with E-state index in [1.807, 2.05) is 18.0 Å². The normalized spacial score (nSPS) is 19.2. The topological polar surface area (TPSA) is 48.1 Å². The van der Waals surface area contributed by atoms with Crippen molar-refractivity contribution >= 4 is 11.8 Å². The van der Waals surface area contributed by atoms with Crippen molar-refractivity contribution in [2.24, 2.45) is 5.73 Å². The van der Waals surface area contributed by atoms with Crippen molar-refractivity contribution in [3.8, 4) is 0 Å². The van der Waals surface area contributed by atoms with Crippen LogP contribution in [-0.4, -0.2) is 23.4 Å². The molecule has 2 heterocycles. The minimum absolute atomic E-state index is 0.0668. The Morgan fingerprint density at radius 3 is 2.82 bits per heavy atom. The summed E-state index contributed by atoms with van der Waals surface area (Å²) in [6, 6.07) is 4.26. The summed E-state index contributed by atoms with van der Waals surface area (Å²) in [7, 11) is 0. The van der Waals surface area contributed by atoms with Gasteiger partial charge in [0.25, 0.3) is 0 Å². The number of nitrogens with two attached hydrogens (primary N) is 1. The lowest BCUT2D eigenvalue weighted by Gasteiger charge is -2.21. The molecule has 1 aromatic rings. The zero-order valence-corrected chi connectivity index (χ0v) is 11.1. The maximum absolute atomic E-state index is 5.94. The predicted octanol–water partition coefficient (Wildman–Crippen LogP) is 2.76. The third-order valence-corrected chi connectivity index (χ3v) is 4.37. The van der Waals surface area contributed by atoms with Gasteiger partial charge in [-0.3, -0.25) is 4.98 Å². The molecular formula is C13H20N2OS. The molecule has 0 aliphatic carbocycles. The van der Waals surface area contributed by atoms with E-state index >= 15 is 0 Å². The van der Waals surface area contributed by atoms with Crippen LogP contribution in [-0.2, 0) is 4.74 Å². The van der Waals surface area contributed by atoms with Gasteiger partial charge in [-0.25, -0.2) is 0 Å². The first kappa shape index (κ1) is 12.9. The van der Waals surface area contributed by atoms with Crippen LogP contribution in [0.5, 0.6) is 0 Å². The van der Waals surface area contributed by atoms with E-state index in [1.54, 1.807) is 0 Å². The van der Waals surface area contributed by atoms with Crippen LogP contribution in [0.2, 0.25) is 0 Å². The van der Waals surface area contributed by atoms with E-state index in [-0.39, 0.29) is 6.04 Å². The molecule has 0 aromatic carbocycles. The van der Waals surface area contributed by atoms with E-state index in [1.165, 1.54) is 4.90 Å². The van der Waals surface area contributed by atoms with Gasteiger partial charge in [0.15, 0.2) is 0 Å². The van der Waals surface area contributed by atoms with Gasteiger partial charge in [-0.2, -0.15) is 0 Å². The Balaban J connectivity index is 1.93. The van der Waals surface area contributed by atoms with Crippen molar-refractivity contribution in [3.63, 3.8) is 0 Å². The molecule has 0 bridgehead atoms. The molecule has 0 radical (unpaired) electrons. The van der Waals surface area contributed by atoms with Gasteiger partial charge < -0.3 is 10.5 Å². The molecule has 17 heavy (non-hydrogen) atoms. The predicted molar refractivity (Wildman–Crippen MR) is 71.2 cm³/mol. The molecule has 1 fully saturated rings. The first-order valence-electron chi connectivity index (χ1n) is 6.25. The van der Waals surface area contributed by atoms with Crippen LogP contribution < -0.4 is 5.73 Å². The van der Waals surface area contributed by atoms with Crippen molar-refractivity contribution in [2.45, 2.75) is 42.4 Å². The third kappa shape index (κ3) is 3.69. The van der Waals surface area contributed by atoms with Crippen molar-refractivity contribution in [1.82, 2.24) is 4.98 Å². The van der Waals surface area contributed by atoms with Crippen LogP contribution in [0.1, 0.15) is 37.9 Å². The van der Waals surface area contributed by atoms with E-state index in [2.05, 4.69) is 24.0 Å². The first-order valence-corrected chi connectivity index (χ1v) is 7.13. The lowest BCUT2D eigenvalue weighted by Crippen LogP contribution is -2.17. The summed E-state index contributed by atoms with van der Waals surface area (Å²) in [4.78, 5) is 5.68. The van der Waals surface area contributed by atoms with Gasteiger partial charge in [-0.05, 0) is 31.4 Å². The molecular weight excluding hydrogens is 232 g/mol. The zero-order chi connectivity index (χ0) is 12.1. The molecule has 1 aliphatic rings. The highest BCUT2D eigenvalue weighted by Crippen LogP contribution is 2.29. The summed E-state index contributed by atoms with van der Waals surface area (Å²) >= 11 is 1.91. The minimum atomic E-state index is 0.0668. The lowest BCUT2D eigenvalue weighted by molar-refractivity contribution is 0.100. The van der Waals surface area contributed by atoms with Gasteiger partial charge in [0, 0.05) is 35.6 Å². The average Bonchev–Trinajstić information content (AvgIpc) is 2.40. The molecule has 3 nitrogen and oxygen atoms in total. The van der Waals surface area contributed by atoms with E-state index in [9.17, 15) is 0 Å². The summed E-state index contributed by atoms with van der Waals surface area (Å²) in [6.45, 7) is 3.87. The Hall–Kier alpha value is -0.580. The molecule has 1 aliphatic heterocycles. The van der Waals surface area contributed by atoms with Gasteiger partial charge in [0.2, 0.25) is 0 Å². The Morgan fingerprint density at radius 1 is 1.47 bits per heavy atom. The highest BCUT2D eigenvalue weighted by Gasteiger charge is 2.15. The Kier molecular flexibility index (Phi) is 4.83. The SMILES string of the molecule is CC[C@H](N)c1ccc(SC2CCOCC2)cn1. The smallest absolute Gasteiger partial charge is 0.0571 e. The van der Waals surface area contributed by atoms with Crippen LogP contribution in [0.25, 0.3) is 0 Å². The molecule has 0 amide bonds. The standard InChI is InChI=1S/C13H20N2OS/c1-2-12(14)13-4-3-11(9-15-13)17-10-5-7-16-8-6-10/h3-4,9-10,12H,2,5-8,14H2,1H3/t12-/m0/s1. The molecule has 1 atom stereocenters. The number of hydrogen-bond donors (Lipinski definition) is 1. The number of hydrogen-bond acceptors (Lipinski definition) is 4. The molecule has 0 unspecified atom stereocenters. The fourth-order valence-electron chi connectivity index (χ4n) is 1.88. The minimum Gasteiger partial charge on any atom is -0.381 e. The van der Waals surface area contributed by atoms with E-state index < -0.39 is 0 Å². The van der Waals surface area contributed by atoms with Gasteiger partial charge in [0.05, 0.1) is 5.69 Å². The van der Waals surface area contributed by atoms with E-state index in [0.717, 1.165) is 38.2 Å². The molecule has 1 saturated heterocycles. The van der Waals surface area contributed by atoms with Crippen LogP contribution in [0.4, 0.5) is 0 Å². The Bertz CT molecular complexity index is 336. The van der Waals surface area contributed by atoms with Gasteiger partial charge in [-0.15, -0.1) is 11.8 Å². The number of thioether (sulfide) groups is 1. The molecule has 0 saturated carbocycles. The summed E-state index contributed by atoms with van der Waals surface area (Å²) < 4.78 is 5.36. The maximum Gasteiger partial charge on any atom is 0.0571 e. The van der Waals surface area contributed by atoms with Gasteiger partial charge in [0.1, 0.15) is 0 Å². The van der Waals surface area contributed by atoms with Crippen LogP contribution >= 0.6 is 11.8 Å². The number of rotatable bonds is 4. The number of aromatic nitrogens is 1. The molecule has 0 spiro atoms. The van der Waals surface area contributed by atoms with Crippen LogP contribution in [0.3, 0.4) is 0 Å². The summed E-state index contributed by atoms with van der Waals surface area (Å²) in [5.41, 5.74) is 6.93. The summed E-state index contributed by atoms with van der Waals surface area (Å²) in [5.74, 6) is 0. The summed E-state index contributed by atoms with van der Waals surface area (Å²) in [6.07, 6.45) is 5.16. The third-order valence-electron chi connectivity index (χ3n) is 3.05. The van der Waals surface area contributed by atoms with Crippen molar-refractivity contribution < 1.29 is 4.74 Å². The Morgan fingerprint density at radius 2 is 2.24 bits per heavy atom. The molecule has 4 heteroatoms. The zero-order valence-electron chi connectivity index (χ0n) is 10.3. The van der Waals surface area contributed by atoms with Crippen LogP contribution in [0.15, 0.2) is 23.2 Å². The van der Waals surface area contributed by atoms with Crippen LogP contribution in [0, 0.1) is 0 Å². The largest absolute Gasteiger partial charge is 0.381 e. The second kappa shape index (κ2) is 6.38. The maximum atomic E-state index is 5.94. The Labute approximate surface area is 107 Å². The quantitative estimate of drug-likeness (QED) is 0.895. The molecule has 2 rings (SSSR count). The van der Waals surface area contributed by atoms with Crippen molar-refractivity contribution in [3.05, 3.63) is 24.0 Å². The number of pyridine rings is 1. The number of nitrogens with zero attached hydrogens (tertiary/aromatic N) is 1. The molecule has 1 aromatic heterocycles. The first-order chi connectivity index (χ1) is 8.29. The molecule has 94 valence electrons. The van der Waals surface area contributed by atoms with Gasteiger partial charge >= 0.3 is 0 Å². The fourth-order valence-corrected chi connectivity index (χ4v) is 2.95. The summed E-state index contributed by atoms with van der Waals surface area (Å²) in [5, 5.41) is 0.677. The van der Waals surface area contributed by atoms with Crippen molar-refractivity contribution in [2.75, 3.05) is 13.2 Å². The second-order valence-corrected chi connectivity index (χ2v) is 5.74. The average molecular weight is 252 g/mol. The lowest BCUT2D eigenvalue weighted by atomic mass is 10.1. The fraction of sp³-hybridized carbons (Fsp3) is 0.615. The van der Waals surface area contributed by atoms with E-state index in [0.29, 0.717) is 5.25 Å². The van der Waals surface area contributed by atoms with Crippen molar-refractivity contribution in [1.29, 1.82) is 0 Å². The monoisotopic (exact) mass is 252 g/mol.